The average molecular weight is 232 g/mol. The number of nitrogen functional groups attached to an aromatic ring is 1. The molecule has 3 heteroatoms. The first kappa shape index (κ1) is 12.0. The molecule has 0 saturated heterocycles. The number of para-hydroxylation sites is 1. The van der Waals surface area contributed by atoms with Gasteiger partial charge in [0.2, 0.25) is 0 Å². The zero-order valence-electron chi connectivity index (χ0n) is 10.3. The van der Waals surface area contributed by atoms with E-state index in [1.807, 2.05) is 25.1 Å². The van der Waals surface area contributed by atoms with Crippen molar-refractivity contribution >= 4 is 5.84 Å². The van der Waals surface area contributed by atoms with Gasteiger partial charge in [-0.1, -0.05) is 25.0 Å². The standard InChI is InChI=1S/C14H20N2O/c1-10-5-4-8-12(14(15)16)13(10)17-9-11-6-2-3-7-11/h4-5,8,11H,2-3,6-7,9H2,1H3,(H3,15,16). The minimum absolute atomic E-state index is 0.0788. The molecule has 3 nitrogen and oxygen atoms in total. The molecule has 17 heavy (non-hydrogen) atoms. The Bertz CT molecular complexity index is 409. The zero-order chi connectivity index (χ0) is 12.3. The van der Waals surface area contributed by atoms with Crippen LogP contribution in [0.4, 0.5) is 0 Å². The topological polar surface area (TPSA) is 59.1 Å². The fourth-order valence-electron chi connectivity index (χ4n) is 2.43. The lowest BCUT2D eigenvalue weighted by atomic mass is 10.1. The molecule has 0 atom stereocenters. The molecule has 1 aromatic carbocycles. The SMILES string of the molecule is Cc1cccc(C(=N)N)c1OCC1CCCC1. The van der Waals surface area contributed by atoms with Gasteiger partial charge in [-0.3, -0.25) is 5.41 Å². The molecule has 0 amide bonds. The predicted octanol–water partition coefficient (Wildman–Crippen LogP) is 2.85. The van der Waals surface area contributed by atoms with Gasteiger partial charge >= 0.3 is 0 Å². The van der Waals surface area contributed by atoms with Crippen molar-refractivity contribution in [1.29, 1.82) is 5.41 Å². The number of nitrogens with one attached hydrogen (secondary N) is 1. The van der Waals surface area contributed by atoms with Gasteiger partial charge in [-0.15, -0.1) is 0 Å². The molecule has 0 bridgehead atoms. The highest BCUT2D eigenvalue weighted by molar-refractivity contribution is 5.98. The monoisotopic (exact) mass is 232 g/mol. The smallest absolute Gasteiger partial charge is 0.133 e. The molecule has 3 N–H and O–H groups in total. The first-order chi connectivity index (χ1) is 8.18. The van der Waals surface area contributed by atoms with Crippen molar-refractivity contribution in [2.24, 2.45) is 11.7 Å². The molecule has 0 radical (unpaired) electrons. The molecule has 1 aliphatic carbocycles. The summed E-state index contributed by atoms with van der Waals surface area (Å²) in [4.78, 5) is 0. The summed E-state index contributed by atoms with van der Waals surface area (Å²) in [5, 5.41) is 7.56. The summed E-state index contributed by atoms with van der Waals surface area (Å²) in [5.74, 6) is 1.54. The maximum atomic E-state index is 7.56. The quantitative estimate of drug-likeness (QED) is 0.619. The van der Waals surface area contributed by atoms with Crippen LogP contribution < -0.4 is 10.5 Å². The Balaban J connectivity index is 2.10. The van der Waals surface area contributed by atoms with Crippen molar-refractivity contribution in [3.05, 3.63) is 29.3 Å². The third-order valence-electron chi connectivity index (χ3n) is 3.44. The van der Waals surface area contributed by atoms with Crippen molar-refractivity contribution in [3.8, 4) is 5.75 Å². The van der Waals surface area contributed by atoms with Crippen LogP contribution in [0.5, 0.6) is 5.75 Å². The van der Waals surface area contributed by atoms with Gasteiger partial charge in [0.05, 0.1) is 12.2 Å². The third kappa shape index (κ3) is 2.78. The molecule has 0 aliphatic heterocycles. The van der Waals surface area contributed by atoms with Crippen molar-refractivity contribution < 1.29 is 4.74 Å². The van der Waals surface area contributed by atoms with Crippen molar-refractivity contribution in [3.63, 3.8) is 0 Å². The average Bonchev–Trinajstić information content (AvgIpc) is 2.80. The van der Waals surface area contributed by atoms with Gasteiger partial charge in [-0.25, -0.2) is 0 Å². The number of hydrogen-bond donors (Lipinski definition) is 2. The van der Waals surface area contributed by atoms with E-state index in [1.165, 1.54) is 25.7 Å². The Hall–Kier alpha value is -1.51. The van der Waals surface area contributed by atoms with E-state index in [0.717, 1.165) is 17.9 Å². The maximum absolute atomic E-state index is 7.56. The summed E-state index contributed by atoms with van der Waals surface area (Å²) in [5.41, 5.74) is 7.33. The van der Waals surface area contributed by atoms with Crippen molar-refractivity contribution in [2.75, 3.05) is 6.61 Å². The molecule has 92 valence electrons. The Morgan fingerprint density at radius 3 is 2.76 bits per heavy atom. The highest BCUT2D eigenvalue weighted by atomic mass is 16.5. The summed E-state index contributed by atoms with van der Waals surface area (Å²) in [7, 11) is 0. The second kappa shape index (κ2) is 5.21. The van der Waals surface area contributed by atoms with E-state index in [4.69, 9.17) is 15.9 Å². The van der Waals surface area contributed by atoms with Crippen LogP contribution in [0.1, 0.15) is 36.8 Å². The lowest BCUT2D eigenvalue weighted by Gasteiger charge is -2.16. The second-order valence-corrected chi connectivity index (χ2v) is 4.83. The Kier molecular flexibility index (Phi) is 3.67. The number of benzene rings is 1. The van der Waals surface area contributed by atoms with Gasteiger partial charge < -0.3 is 10.5 Å². The second-order valence-electron chi connectivity index (χ2n) is 4.83. The highest BCUT2D eigenvalue weighted by Crippen LogP contribution is 2.28. The van der Waals surface area contributed by atoms with Crippen LogP contribution in [0, 0.1) is 18.3 Å². The van der Waals surface area contributed by atoms with E-state index in [2.05, 4.69) is 0 Å². The van der Waals surface area contributed by atoms with Crippen LogP contribution in [0.15, 0.2) is 18.2 Å². The van der Waals surface area contributed by atoms with Crippen LogP contribution in [-0.2, 0) is 0 Å². The van der Waals surface area contributed by atoms with E-state index >= 15 is 0 Å². The number of ether oxygens (including phenoxy) is 1. The summed E-state index contributed by atoms with van der Waals surface area (Å²) >= 11 is 0. The first-order valence-corrected chi connectivity index (χ1v) is 6.25. The molecule has 1 aromatic rings. The summed E-state index contributed by atoms with van der Waals surface area (Å²) in [6.07, 6.45) is 5.17. The number of hydrogen-bond acceptors (Lipinski definition) is 2. The zero-order valence-corrected chi connectivity index (χ0v) is 10.3. The predicted molar refractivity (Wildman–Crippen MR) is 69.6 cm³/mol. The van der Waals surface area contributed by atoms with Gasteiger partial charge in [-0.05, 0) is 37.3 Å². The van der Waals surface area contributed by atoms with Crippen LogP contribution in [0.2, 0.25) is 0 Å². The van der Waals surface area contributed by atoms with Crippen molar-refractivity contribution in [1.82, 2.24) is 0 Å². The maximum Gasteiger partial charge on any atom is 0.133 e. The van der Waals surface area contributed by atoms with Crippen LogP contribution in [-0.4, -0.2) is 12.4 Å². The lowest BCUT2D eigenvalue weighted by molar-refractivity contribution is 0.250. The highest BCUT2D eigenvalue weighted by Gasteiger charge is 2.17. The fourth-order valence-corrected chi connectivity index (χ4v) is 2.43. The molecule has 0 unspecified atom stereocenters. The van der Waals surface area contributed by atoms with Gasteiger partial charge in [-0.2, -0.15) is 0 Å². The molecular formula is C14H20N2O. The Morgan fingerprint density at radius 1 is 1.41 bits per heavy atom. The fraction of sp³-hybridized carbons (Fsp3) is 0.500. The molecule has 0 heterocycles. The van der Waals surface area contributed by atoms with Crippen LogP contribution in [0.3, 0.4) is 0 Å². The van der Waals surface area contributed by atoms with E-state index < -0.39 is 0 Å². The normalized spacial score (nSPS) is 16.1. The van der Waals surface area contributed by atoms with Gasteiger partial charge in [0.25, 0.3) is 0 Å². The number of nitrogens with two attached hydrogens (primary N) is 1. The molecular weight excluding hydrogens is 212 g/mol. The molecule has 1 aliphatic rings. The van der Waals surface area contributed by atoms with Gasteiger partial charge in [0, 0.05) is 0 Å². The largest absolute Gasteiger partial charge is 0.492 e. The molecule has 1 fully saturated rings. The molecule has 1 saturated carbocycles. The number of rotatable bonds is 4. The Morgan fingerprint density at radius 2 is 2.12 bits per heavy atom. The molecule has 0 aromatic heterocycles. The van der Waals surface area contributed by atoms with Crippen molar-refractivity contribution in [2.45, 2.75) is 32.6 Å². The third-order valence-corrected chi connectivity index (χ3v) is 3.44. The summed E-state index contributed by atoms with van der Waals surface area (Å²) < 4.78 is 5.89. The van der Waals surface area contributed by atoms with Gasteiger partial charge in [0.15, 0.2) is 0 Å². The van der Waals surface area contributed by atoms with Gasteiger partial charge in [0.1, 0.15) is 11.6 Å². The van der Waals surface area contributed by atoms with Crippen LogP contribution >= 0.6 is 0 Å². The number of amidine groups is 1. The van der Waals surface area contributed by atoms with E-state index in [0.29, 0.717) is 11.5 Å². The molecule has 0 spiro atoms. The Labute approximate surface area is 102 Å². The van der Waals surface area contributed by atoms with Crippen LogP contribution in [0.25, 0.3) is 0 Å². The number of aryl methyl sites for hydroxylation is 1. The molecule has 2 rings (SSSR count). The van der Waals surface area contributed by atoms with E-state index in [9.17, 15) is 0 Å². The first-order valence-electron chi connectivity index (χ1n) is 6.25. The minimum atomic E-state index is 0.0788. The lowest BCUT2D eigenvalue weighted by Crippen LogP contribution is -2.16. The van der Waals surface area contributed by atoms with E-state index in [-0.39, 0.29) is 5.84 Å². The van der Waals surface area contributed by atoms with E-state index in [1.54, 1.807) is 0 Å². The summed E-state index contributed by atoms with van der Waals surface area (Å²) in [6, 6.07) is 5.75. The summed E-state index contributed by atoms with van der Waals surface area (Å²) in [6.45, 7) is 2.75. The minimum Gasteiger partial charge on any atom is -0.492 e.